The molecule has 0 saturated heterocycles. The van der Waals surface area contributed by atoms with Crippen LogP contribution in [0, 0.1) is 5.82 Å². The Labute approximate surface area is 159 Å². The van der Waals surface area contributed by atoms with Crippen molar-refractivity contribution in [2.75, 3.05) is 10.6 Å². The minimum atomic E-state index is -0.596. The summed E-state index contributed by atoms with van der Waals surface area (Å²) in [5.41, 5.74) is 3.51. The normalized spacial score (nSPS) is 11.1. The SMILES string of the molecule is CC(C)c1ccc(Nc2ncc(F)c(Nc3ccc4oc(=O)[nH]c4c3)n2)cc1. The van der Waals surface area contributed by atoms with Gasteiger partial charge in [-0.25, -0.2) is 14.2 Å². The summed E-state index contributed by atoms with van der Waals surface area (Å²) in [6.07, 6.45) is 1.10. The number of aromatic nitrogens is 3. The van der Waals surface area contributed by atoms with E-state index in [0.29, 0.717) is 22.7 Å². The first-order valence-corrected chi connectivity index (χ1v) is 8.77. The monoisotopic (exact) mass is 379 g/mol. The van der Waals surface area contributed by atoms with E-state index in [1.807, 2.05) is 24.3 Å². The second-order valence-electron chi connectivity index (χ2n) is 6.64. The fourth-order valence-electron chi connectivity index (χ4n) is 2.76. The van der Waals surface area contributed by atoms with E-state index in [4.69, 9.17) is 4.42 Å². The lowest BCUT2D eigenvalue weighted by Crippen LogP contribution is -2.03. The Morgan fingerprint density at radius 1 is 1.07 bits per heavy atom. The second-order valence-corrected chi connectivity index (χ2v) is 6.64. The Kier molecular flexibility index (Phi) is 4.52. The summed E-state index contributed by atoms with van der Waals surface area (Å²) < 4.78 is 19.1. The molecule has 7 nitrogen and oxygen atoms in total. The highest BCUT2D eigenvalue weighted by atomic mass is 19.1. The van der Waals surface area contributed by atoms with Crippen LogP contribution in [-0.2, 0) is 0 Å². The molecule has 0 aliphatic rings. The molecule has 3 N–H and O–H groups in total. The molecule has 0 fully saturated rings. The Morgan fingerprint density at radius 2 is 1.82 bits per heavy atom. The van der Waals surface area contributed by atoms with Crippen LogP contribution in [0.3, 0.4) is 0 Å². The van der Waals surface area contributed by atoms with E-state index in [1.54, 1.807) is 18.2 Å². The van der Waals surface area contributed by atoms with E-state index in [-0.39, 0.29) is 11.8 Å². The fourth-order valence-corrected chi connectivity index (χ4v) is 2.76. The molecule has 0 atom stereocenters. The third-order valence-electron chi connectivity index (χ3n) is 4.26. The summed E-state index contributed by atoms with van der Waals surface area (Å²) in [7, 11) is 0. The van der Waals surface area contributed by atoms with Gasteiger partial charge in [-0.3, -0.25) is 4.98 Å². The van der Waals surface area contributed by atoms with Crippen molar-refractivity contribution in [3.8, 4) is 0 Å². The van der Waals surface area contributed by atoms with Crippen molar-refractivity contribution in [1.82, 2.24) is 15.0 Å². The summed E-state index contributed by atoms with van der Waals surface area (Å²) in [5.74, 6) is -0.424. The third-order valence-corrected chi connectivity index (χ3v) is 4.26. The average Bonchev–Trinajstić information content (AvgIpc) is 3.04. The zero-order valence-corrected chi connectivity index (χ0v) is 15.3. The highest BCUT2D eigenvalue weighted by Gasteiger charge is 2.10. The van der Waals surface area contributed by atoms with E-state index < -0.39 is 11.6 Å². The van der Waals surface area contributed by atoms with Crippen LogP contribution in [0.25, 0.3) is 11.1 Å². The smallest absolute Gasteiger partial charge is 0.408 e. The van der Waals surface area contributed by atoms with Gasteiger partial charge in [-0.1, -0.05) is 26.0 Å². The van der Waals surface area contributed by atoms with Gasteiger partial charge < -0.3 is 15.1 Å². The highest BCUT2D eigenvalue weighted by Crippen LogP contribution is 2.23. The number of anilines is 4. The van der Waals surface area contributed by atoms with Gasteiger partial charge in [0.05, 0.1) is 11.7 Å². The van der Waals surface area contributed by atoms with E-state index in [1.165, 1.54) is 5.56 Å². The van der Waals surface area contributed by atoms with Crippen LogP contribution in [0.2, 0.25) is 0 Å². The van der Waals surface area contributed by atoms with Crippen molar-refractivity contribution in [2.24, 2.45) is 0 Å². The summed E-state index contributed by atoms with van der Waals surface area (Å²) in [6.45, 7) is 4.25. The summed E-state index contributed by atoms with van der Waals surface area (Å²) in [6, 6.07) is 12.8. The largest absolute Gasteiger partial charge is 0.417 e. The van der Waals surface area contributed by atoms with Gasteiger partial charge in [0.2, 0.25) is 5.95 Å². The van der Waals surface area contributed by atoms with Gasteiger partial charge in [-0.2, -0.15) is 4.98 Å². The molecule has 0 aliphatic carbocycles. The second kappa shape index (κ2) is 7.15. The first-order chi connectivity index (χ1) is 13.5. The topological polar surface area (TPSA) is 95.8 Å². The molecule has 0 aliphatic heterocycles. The Morgan fingerprint density at radius 3 is 2.57 bits per heavy atom. The van der Waals surface area contributed by atoms with Crippen LogP contribution >= 0.6 is 0 Å². The van der Waals surface area contributed by atoms with E-state index in [2.05, 4.69) is 39.4 Å². The molecular weight excluding hydrogens is 361 g/mol. The Bertz CT molecular complexity index is 1180. The number of fused-ring (bicyclic) bond motifs is 1. The Hall–Kier alpha value is -3.68. The molecular formula is C20H18FN5O2. The molecule has 0 radical (unpaired) electrons. The standard InChI is InChI=1S/C20H18FN5O2/c1-11(2)12-3-5-13(6-4-12)24-19-22-10-15(21)18(26-19)23-14-7-8-17-16(9-14)25-20(27)28-17/h3-11H,1-2H3,(H,25,27)(H2,22,23,24,26). The predicted molar refractivity (Wildman–Crippen MR) is 106 cm³/mol. The van der Waals surface area contributed by atoms with Gasteiger partial charge in [-0.05, 0) is 41.8 Å². The van der Waals surface area contributed by atoms with E-state index >= 15 is 0 Å². The van der Waals surface area contributed by atoms with Crippen LogP contribution < -0.4 is 16.4 Å². The van der Waals surface area contributed by atoms with Crippen molar-refractivity contribution >= 4 is 34.2 Å². The van der Waals surface area contributed by atoms with Crippen molar-refractivity contribution < 1.29 is 8.81 Å². The van der Waals surface area contributed by atoms with E-state index in [0.717, 1.165) is 11.9 Å². The first kappa shape index (κ1) is 17.7. The number of nitrogens with one attached hydrogen (secondary N) is 3. The summed E-state index contributed by atoms with van der Waals surface area (Å²) >= 11 is 0. The number of halogens is 1. The molecule has 28 heavy (non-hydrogen) atoms. The van der Waals surface area contributed by atoms with Crippen LogP contribution in [0.15, 0.2) is 57.9 Å². The highest BCUT2D eigenvalue weighted by molar-refractivity contribution is 5.78. The van der Waals surface area contributed by atoms with Gasteiger partial charge in [0.15, 0.2) is 17.2 Å². The maximum atomic E-state index is 14.2. The van der Waals surface area contributed by atoms with Crippen LogP contribution in [0.1, 0.15) is 25.3 Å². The predicted octanol–water partition coefficient (Wildman–Crippen LogP) is 4.66. The molecule has 0 amide bonds. The molecule has 0 unspecified atom stereocenters. The summed E-state index contributed by atoms with van der Waals surface area (Å²) in [4.78, 5) is 22.0. The maximum Gasteiger partial charge on any atom is 0.417 e. The molecule has 142 valence electrons. The zero-order chi connectivity index (χ0) is 19.7. The van der Waals surface area contributed by atoms with Crippen molar-refractivity contribution in [3.63, 3.8) is 0 Å². The molecule has 2 aromatic carbocycles. The lowest BCUT2D eigenvalue weighted by Gasteiger charge is -2.10. The minimum Gasteiger partial charge on any atom is -0.408 e. The lowest BCUT2D eigenvalue weighted by molar-refractivity contribution is 0.555. The van der Waals surface area contributed by atoms with Crippen LogP contribution in [-0.4, -0.2) is 15.0 Å². The van der Waals surface area contributed by atoms with Crippen LogP contribution in [0.5, 0.6) is 0 Å². The third kappa shape index (κ3) is 3.71. The number of rotatable bonds is 5. The van der Waals surface area contributed by atoms with Crippen LogP contribution in [0.4, 0.5) is 27.5 Å². The van der Waals surface area contributed by atoms with E-state index in [9.17, 15) is 9.18 Å². The van der Waals surface area contributed by atoms with Crippen molar-refractivity contribution in [1.29, 1.82) is 0 Å². The average molecular weight is 379 g/mol. The lowest BCUT2D eigenvalue weighted by atomic mass is 10.0. The molecule has 0 saturated carbocycles. The zero-order valence-electron chi connectivity index (χ0n) is 15.3. The minimum absolute atomic E-state index is 0.0153. The van der Waals surface area contributed by atoms with Gasteiger partial charge in [0.1, 0.15) is 0 Å². The number of benzene rings is 2. The molecule has 4 rings (SSSR count). The molecule has 8 heteroatoms. The maximum absolute atomic E-state index is 14.2. The fraction of sp³-hybridized carbons (Fsp3) is 0.150. The first-order valence-electron chi connectivity index (χ1n) is 8.77. The molecule has 0 bridgehead atoms. The number of nitrogens with zero attached hydrogens (tertiary/aromatic N) is 2. The quantitative estimate of drug-likeness (QED) is 0.467. The molecule has 0 spiro atoms. The number of hydrogen-bond acceptors (Lipinski definition) is 6. The van der Waals surface area contributed by atoms with Gasteiger partial charge >= 0.3 is 5.76 Å². The number of hydrogen-bond donors (Lipinski definition) is 3. The van der Waals surface area contributed by atoms with Gasteiger partial charge in [-0.15, -0.1) is 0 Å². The number of aromatic amines is 1. The van der Waals surface area contributed by atoms with Gasteiger partial charge in [0, 0.05) is 11.4 Å². The van der Waals surface area contributed by atoms with Crippen molar-refractivity contribution in [3.05, 3.63) is 70.6 Å². The number of H-pyrrole nitrogens is 1. The molecule has 2 heterocycles. The summed E-state index contributed by atoms with van der Waals surface area (Å²) in [5, 5.41) is 5.96. The van der Waals surface area contributed by atoms with Crippen molar-refractivity contribution in [2.45, 2.75) is 19.8 Å². The molecule has 4 aromatic rings. The van der Waals surface area contributed by atoms with Gasteiger partial charge in [0.25, 0.3) is 0 Å². The Balaban J connectivity index is 1.56. The number of oxazole rings is 1. The molecule has 2 aromatic heterocycles.